The van der Waals surface area contributed by atoms with Crippen molar-refractivity contribution in [3.63, 3.8) is 0 Å². The number of alkyl carbamates (subject to hydrolysis) is 1. The van der Waals surface area contributed by atoms with Gasteiger partial charge in [0.25, 0.3) is 0 Å². The highest BCUT2D eigenvalue weighted by molar-refractivity contribution is 5.87. The lowest BCUT2D eigenvalue weighted by atomic mass is 9.98. The molecule has 0 aliphatic heterocycles. The smallest absolute Gasteiger partial charge is 0.407 e. The van der Waals surface area contributed by atoms with Crippen molar-refractivity contribution in [3.8, 4) is 23.0 Å². The van der Waals surface area contributed by atoms with Gasteiger partial charge in [0.2, 0.25) is 0 Å². The third-order valence-corrected chi connectivity index (χ3v) is 5.25. The number of aromatic nitrogens is 1. The molecule has 1 aromatic heterocycles. The number of ether oxygens (including phenoxy) is 2. The van der Waals surface area contributed by atoms with Crippen LogP contribution in [0.5, 0.6) is 0 Å². The van der Waals surface area contributed by atoms with Gasteiger partial charge in [0, 0.05) is 30.6 Å². The topological polar surface area (TPSA) is 77.5 Å². The minimum absolute atomic E-state index is 0.0356. The van der Waals surface area contributed by atoms with E-state index in [0.29, 0.717) is 18.5 Å². The Morgan fingerprint density at radius 1 is 1.00 bits per heavy atom. The maximum absolute atomic E-state index is 12.2. The number of rotatable bonds is 5. The van der Waals surface area contributed by atoms with Gasteiger partial charge in [-0.2, -0.15) is 0 Å². The van der Waals surface area contributed by atoms with Gasteiger partial charge in [-0.05, 0) is 34.4 Å². The molecule has 0 unspecified atom stereocenters. The Bertz CT molecular complexity index is 1150. The second-order valence-corrected chi connectivity index (χ2v) is 7.23. The summed E-state index contributed by atoms with van der Waals surface area (Å²) >= 11 is 0. The maximum atomic E-state index is 12.2. The number of carbonyl (C=O) groups is 2. The van der Waals surface area contributed by atoms with Crippen molar-refractivity contribution in [2.24, 2.45) is 0 Å². The molecule has 0 atom stereocenters. The number of esters is 1. The Morgan fingerprint density at radius 3 is 2.31 bits per heavy atom. The molecule has 0 saturated heterocycles. The number of methoxy groups -OCH3 is 1. The van der Waals surface area contributed by atoms with Crippen LogP contribution < -0.4 is 5.32 Å². The van der Waals surface area contributed by atoms with Crippen LogP contribution in [-0.4, -0.2) is 37.3 Å². The van der Waals surface area contributed by atoms with Crippen LogP contribution in [0.2, 0.25) is 0 Å². The molecule has 1 N–H and O–H groups in total. The lowest BCUT2D eigenvalue weighted by Crippen LogP contribution is -2.26. The summed E-state index contributed by atoms with van der Waals surface area (Å²) in [6, 6.07) is 19.7. The molecular weight excluding hydrogens is 404 g/mol. The maximum Gasteiger partial charge on any atom is 0.407 e. The molecule has 1 aliphatic rings. The quantitative estimate of drug-likeness (QED) is 0.377. The van der Waals surface area contributed by atoms with Crippen LogP contribution in [0.3, 0.4) is 0 Å². The predicted octanol–water partition coefficient (Wildman–Crippen LogP) is 4.15. The molecule has 1 amide bonds. The summed E-state index contributed by atoms with van der Waals surface area (Å²) in [6.45, 7) is 0.654. The van der Waals surface area contributed by atoms with Crippen LogP contribution in [0.15, 0.2) is 66.9 Å². The van der Waals surface area contributed by atoms with Crippen LogP contribution in [-0.2, 0) is 9.47 Å². The van der Waals surface area contributed by atoms with E-state index in [0.717, 1.165) is 0 Å². The lowest BCUT2D eigenvalue weighted by Gasteiger charge is -2.14. The van der Waals surface area contributed by atoms with Crippen LogP contribution >= 0.6 is 0 Å². The van der Waals surface area contributed by atoms with Gasteiger partial charge in [0.15, 0.2) is 0 Å². The molecule has 32 heavy (non-hydrogen) atoms. The molecule has 160 valence electrons. The van der Waals surface area contributed by atoms with Crippen molar-refractivity contribution in [3.05, 3.63) is 89.2 Å². The highest BCUT2D eigenvalue weighted by Crippen LogP contribution is 2.44. The molecule has 6 heteroatoms. The zero-order valence-electron chi connectivity index (χ0n) is 17.6. The third kappa shape index (κ3) is 4.62. The van der Waals surface area contributed by atoms with E-state index in [-0.39, 0.29) is 18.2 Å². The molecule has 3 aromatic rings. The van der Waals surface area contributed by atoms with Gasteiger partial charge in [0.1, 0.15) is 12.3 Å². The molecular formula is C26H22N2O4. The molecule has 0 spiro atoms. The number of carbonyl (C=O) groups excluding carboxylic acids is 2. The predicted molar refractivity (Wildman–Crippen MR) is 120 cm³/mol. The number of fused-ring (bicyclic) bond motifs is 3. The van der Waals surface area contributed by atoms with Crippen molar-refractivity contribution >= 4 is 12.1 Å². The highest BCUT2D eigenvalue weighted by atomic mass is 16.5. The second kappa shape index (κ2) is 9.80. The van der Waals surface area contributed by atoms with Crippen LogP contribution in [0, 0.1) is 11.8 Å². The largest absolute Gasteiger partial charge is 0.464 e. The van der Waals surface area contributed by atoms with Crippen LogP contribution in [0.25, 0.3) is 11.1 Å². The zero-order valence-corrected chi connectivity index (χ0v) is 17.6. The average molecular weight is 426 g/mol. The van der Waals surface area contributed by atoms with E-state index < -0.39 is 12.1 Å². The minimum Gasteiger partial charge on any atom is -0.464 e. The second-order valence-electron chi connectivity index (χ2n) is 7.23. The Hall–Kier alpha value is -4.11. The first-order chi connectivity index (χ1) is 15.7. The van der Waals surface area contributed by atoms with Gasteiger partial charge in [-0.1, -0.05) is 60.4 Å². The first kappa shape index (κ1) is 21.1. The molecule has 4 rings (SSSR count). The van der Waals surface area contributed by atoms with Crippen molar-refractivity contribution in [2.45, 2.75) is 12.3 Å². The summed E-state index contributed by atoms with van der Waals surface area (Å²) in [4.78, 5) is 27.5. The summed E-state index contributed by atoms with van der Waals surface area (Å²) in [5.41, 5.74) is 5.66. The van der Waals surface area contributed by atoms with Crippen LogP contribution in [0.1, 0.15) is 39.5 Å². The van der Waals surface area contributed by atoms with E-state index in [4.69, 9.17) is 4.74 Å². The van der Waals surface area contributed by atoms with Gasteiger partial charge in [-0.3, -0.25) is 0 Å². The van der Waals surface area contributed by atoms with E-state index in [1.165, 1.54) is 35.6 Å². The van der Waals surface area contributed by atoms with E-state index in [2.05, 4.69) is 51.1 Å². The zero-order chi connectivity index (χ0) is 22.3. The van der Waals surface area contributed by atoms with E-state index in [9.17, 15) is 9.59 Å². The summed E-state index contributed by atoms with van der Waals surface area (Å²) in [7, 11) is 1.31. The van der Waals surface area contributed by atoms with Gasteiger partial charge in [-0.15, -0.1) is 0 Å². The van der Waals surface area contributed by atoms with E-state index in [1.807, 2.05) is 24.3 Å². The number of nitrogens with zero attached hydrogens (tertiary/aromatic N) is 1. The van der Waals surface area contributed by atoms with Crippen molar-refractivity contribution < 1.29 is 19.1 Å². The number of benzene rings is 2. The first-order valence-electron chi connectivity index (χ1n) is 10.3. The molecule has 0 radical (unpaired) electrons. The Morgan fingerprint density at radius 2 is 1.69 bits per heavy atom. The van der Waals surface area contributed by atoms with E-state index >= 15 is 0 Å². The number of amides is 1. The molecule has 6 nitrogen and oxygen atoms in total. The van der Waals surface area contributed by atoms with Gasteiger partial charge in [-0.25, -0.2) is 14.6 Å². The number of hydrogen-bond donors (Lipinski definition) is 1. The average Bonchev–Trinajstić information content (AvgIpc) is 3.16. The molecule has 2 aromatic carbocycles. The number of hydrogen-bond acceptors (Lipinski definition) is 5. The minimum atomic E-state index is -0.489. The van der Waals surface area contributed by atoms with Gasteiger partial charge < -0.3 is 14.8 Å². The fourth-order valence-electron chi connectivity index (χ4n) is 3.73. The van der Waals surface area contributed by atoms with Crippen LogP contribution in [0.4, 0.5) is 4.79 Å². The van der Waals surface area contributed by atoms with Crippen molar-refractivity contribution in [1.29, 1.82) is 0 Å². The summed E-state index contributed by atoms with van der Waals surface area (Å²) < 4.78 is 10.1. The molecule has 0 saturated carbocycles. The summed E-state index contributed by atoms with van der Waals surface area (Å²) in [5.74, 6) is 5.46. The monoisotopic (exact) mass is 426 g/mol. The summed E-state index contributed by atoms with van der Waals surface area (Å²) in [6.07, 6.45) is 1.51. The normalized spacial score (nSPS) is 11.5. The third-order valence-electron chi connectivity index (χ3n) is 5.25. The number of nitrogens with one attached hydrogen (secondary N) is 1. The molecule has 1 heterocycles. The van der Waals surface area contributed by atoms with Gasteiger partial charge in [0.05, 0.1) is 7.11 Å². The SMILES string of the molecule is COC(=O)c1ccc(C#CCCNC(=O)OCC2c3ccccc3-c3ccccc32)cn1. The summed E-state index contributed by atoms with van der Waals surface area (Å²) in [5, 5.41) is 2.73. The highest BCUT2D eigenvalue weighted by Gasteiger charge is 2.28. The van der Waals surface area contributed by atoms with Gasteiger partial charge >= 0.3 is 12.1 Å². The fourth-order valence-corrected chi connectivity index (χ4v) is 3.73. The Labute approximate surface area is 186 Å². The van der Waals surface area contributed by atoms with E-state index in [1.54, 1.807) is 12.1 Å². The van der Waals surface area contributed by atoms with Crippen molar-refractivity contribution in [1.82, 2.24) is 10.3 Å². The number of pyridine rings is 1. The Balaban J connectivity index is 1.25. The van der Waals surface area contributed by atoms with Crippen molar-refractivity contribution in [2.75, 3.05) is 20.3 Å². The Kier molecular flexibility index (Phi) is 6.47. The molecule has 0 fully saturated rings. The fraction of sp³-hybridized carbons (Fsp3) is 0.192. The first-order valence-corrected chi connectivity index (χ1v) is 10.3. The molecule has 1 aliphatic carbocycles. The lowest BCUT2D eigenvalue weighted by molar-refractivity contribution is 0.0594. The molecule has 0 bridgehead atoms. The standard InChI is InChI=1S/C26H22N2O4/c1-31-25(29)24-14-13-18(16-28-24)8-6-7-15-27-26(30)32-17-23-21-11-4-2-9-19(21)20-10-3-5-12-22(20)23/h2-5,9-14,16,23H,7,15,17H2,1H3,(H,27,30).